The highest BCUT2D eigenvalue weighted by Gasteiger charge is 2.13. The number of allylic oxidation sites excluding steroid dienone is 1. The maximum absolute atomic E-state index is 12.7. The molecule has 0 spiro atoms. The maximum atomic E-state index is 12.7. The van der Waals surface area contributed by atoms with Gasteiger partial charge in [-0.05, 0) is 30.2 Å². The second kappa shape index (κ2) is 7.15. The van der Waals surface area contributed by atoms with E-state index < -0.39 is 0 Å². The fraction of sp³-hybridized carbons (Fsp3) is 0.0526. The summed E-state index contributed by atoms with van der Waals surface area (Å²) < 4.78 is 7.18. The number of aromatic nitrogens is 2. The predicted molar refractivity (Wildman–Crippen MR) is 95.3 cm³/mol. The van der Waals surface area contributed by atoms with E-state index in [0.717, 1.165) is 5.56 Å². The van der Waals surface area contributed by atoms with Crippen LogP contribution in [0.3, 0.4) is 0 Å². The van der Waals surface area contributed by atoms with Gasteiger partial charge in [-0.25, -0.2) is 0 Å². The van der Waals surface area contributed by atoms with Crippen molar-refractivity contribution < 1.29 is 4.74 Å². The smallest absolute Gasteiger partial charge is 0.318 e. The molecular formula is C19H15ClN2O2. The Morgan fingerprint density at radius 3 is 2.58 bits per heavy atom. The molecule has 0 N–H and O–H groups in total. The fourth-order valence-corrected chi connectivity index (χ4v) is 2.49. The van der Waals surface area contributed by atoms with E-state index in [4.69, 9.17) is 16.3 Å². The Bertz CT molecular complexity index is 920. The number of ether oxygens (including phenoxy) is 1. The van der Waals surface area contributed by atoms with E-state index in [2.05, 4.69) is 11.6 Å². The first-order valence-electron chi connectivity index (χ1n) is 7.40. The molecule has 1 heterocycles. The Kier molecular flexibility index (Phi) is 4.77. The lowest BCUT2D eigenvalue weighted by Crippen LogP contribution is -2.20. The zero-order chi connectivity index (χ0) is 16.9. The number of halogens is 1. The molecule has 0 atom stereocenters. The molecule has 120 valence electrons. The summed E-state index contributed by atoms with van der Waals surface area (Å²) >= 11 is 6.07. The lowest BCUT2D eigenvalue weighted by atomic mass is 10.1. The van der Waals surface area contributed by atoms with Gasteiger partial charge in [-0.1, -0.05) is 54.1 Å². The molecule has 0 saturated carbocycles. The summed E-state index contributed by atoms with van der Waals surface area (Å²) in [4.78, 5) is 16.7. The van der Waals surface area contributed by atoms with Gasteiger partial charge in [-0.2, -0.15) is 4.98 Å². The zero-order valence-electron chi connectivity index (χ0n) is 12.9. The van der Waals surface area contributed by atoms with Crippen LogP contribution in [0.25, 0.3) is 5.69 Å². The minimum absolute atomic E-state index is 0.0668. The number of rotatable bonds is 5. The summed E-state index contributed by atoms with van der Waals surface area (Å²) in [6.07, 6.45) is 3.88. The average molecular weight is 339 g/mol. The summed E-state index contributed by atoms with van der Waals surface area (Å²) in [6.45, 7) is 3.73. The summed E-state index contributed by atoms with van der Waals surface area (Å²) in [7, 11) is 0. The third-order valence-corrected chi connectivity index (χ3v) is 3.61. The second-order valence-electron chi connectivity index (χ2n) is 5.08. The summed E-state index contributed by atoms with van der Waals surface area (Å²) in [5.41, 5.74) is 1.23. The molecule has 5 heteroatoms. The number of hydrogen-bond acceptors (Lipinski definition) is 3. The Balaban J connectivity index is 2.06. The molecule has 3 aromatic rings. The van der Waals surface area contributed by atoms with Crippen molar-refractivity contribution >= 4 is 11.6 Å². The van der Waals surface area contributed by atoms with E-state index in [1.165, 1.54) is 10.8 Å². The molecule has 24 heavy (non-hydrogen) atoms. The second-order valence-corrected chi connectivity index (χ2v) is 5.47. The Morgan fingerprint density at radius 2 is 1.83 bits per heavy atom. The Labute approximate surface area is 144 Å². The van der Waals surface area contributed by atoms with Crippen LogP contribution < -0.4 is 10.3 Å². The van der Waals surface area contributed by atoms with Crippen LogP contribution in [0.1, 0.15) is 5.56 Å². The van der Waals surface area contributed by atoms with Gasteiger partial charge in [0, 0.05) is 5.69 Å². The van der Waals surface area contributed by atoms with E-state index in [1.54, 1.807) is 12.1 Å². The summed E-state index contributed by atoms with van der Waals surface area (Å²) in [6, 6.07) is 16.6. The van der Waals surface area contributed by atoms with E-state index >= 15 is 0 Å². The minimum Gasteiger partial charge on any atom is -0.434 e. The van der Waals surface area contributed by atoms with Crippen molar-refractivity contribution in [1.82, 2.24) is 9.55 Å². The molecular weight excluding hydrogens is 324 g/mol. The molecule has 0 bridgehead atoms. The topological polar surface area (TPSA) is 44.1 Å². The Hall–Kier alpha value is -2.85. The molecule has 0 unspecified atom stereocenters. The SMILES string of the molecule is C=CCc1ccccc1Oc1nc(Cl)cn(-c2ccccc2)c1=O. The predicted octanol–water partition coefficient (Wildman–Crippen LogP) is 4.41. The number of hydrogen-bond donors (Lipinski definition) is 0. The highest BCUT2D eigenvalue weighted by atomic mass is 35.5. The third kappa shape index (κ3) is 3.39. The van der Waals surface area contributed by atoms with Gasteiger partial charge >= 0.3 is 5.56 Å². The monoisotopic (exact) mass is 338 g/mol. The van der Waals surface area contributed by atoms with Gasteiger partial charge in [0.25, 0.3) is 5.88 Å². The van der Waals surface area contributed by atoms with Crippen molar-refractivity contribution in [2.75, 3.05) is 0 Å². The van der Waals surface area contributed by atoms with Gasteiger partial charge in [0.1, 0.15) is 10.9 Å². The van der Waals surface area contributed by atoms with Crippen molar-refractivity contribution in [3.63, 3.8) is 0 Å². The third-order valence-electron chi connectivity index (χ3n) is 3.42. The minimum atomic E-state index is -0.376. The van der Waals surface area contributed by atoms with Crippen LogP contribution in [-0.4, -0.2) is 9.55 Å². The van der Waals surface area contributed by atoms with Crippen molar-refractivity contribution in [3.05, 3.63) is 94.5 Å². The first-order valence-corrected chi connectivity index (χ1v) is 7.78. The fourth-order valence-electron chi connectivity index (χ4n) is 2.32. The number of para-hydroxylation sites is 2. The van der Waals surface area contributed by atoms with E-state index in [1.807, 2.05) is 48.5 Å². The molecule has 2 aromatic carbocycles. The quantitative estimate of drug-likeness (QED) is 0.647. The Morgan fingerprint density at radius 1 is 1.12 bits per heavy atom. The first-order chi connectivity index (χ1) is 11.7. The van der Waals surface area contributed by atoms with Crippen LogP contribution in [0.2, 0.25) is 5.15 Å². The van der Waals surface area contributed by atoms with Crippen molar-refractivity contribution in [2.45, 2.75) is 6.42 Å². The molecule has 1 aromatic heterocycles. The van der Waals surface area contributed by atoms with E-state index in [0.29, 0.717) is 17.9 Å². The van der Waals surface area contributed by atoms with Crippen LogP contribution in [0.5, 0.6) is 11.6 Å². The van der Waals surface area contributed by atoms with Gasteiger partial charge in [0.2, 0.25) is 0 Å². The van der Waals surface area contributed by atoms with Gasteiger partial charge in [-0.3, -0.25) is 9.36 Å². The largest absolute Gasteiger partial charge is 0.434 e. The maximum Gasteiger partial charge on any atom is 0.318 e. The molecule has 0 aliphatic rings. The zero-order valence-corrected chi connectivity index (χ0v) is 13.6. The van der Waals surface area contributed by atoms with E-state index in [-0.39, 0.29) is 16.6 Å². The van der Waals surface area contributed by atoms with Crippen molar-refractivity contribution in [2.24, 2.45) is 0 Å². The van der Waals surface area contributed by atoms with E-state index in [9.17, 15) is 4.79 Å². The molecule has 0 amide bonds. The number of nitrogens with zero attached hydrogens (tertiary/aromatic N) is 2. The average Bonchev–Trinajstić information content (AvgIpc) is 2.60. The normalized spacial score (nSPS) is 10.4. The summed E-state index contributed by atoms with van der Waals surface area (Å²) in [5, 5.41) is 0.176. The number of benzene rings is 2. The lowest BCUT2D eigenvalue weighted by Gasteiger charge is -2.11. The van der Waals surface area contributed by atoms with Gasteiger partial charge in [-0.15, -0.1) is 6.58 Å². The van der Waals surface area contributed by atoms with Crippen LogP contribution in [0, 0.1) is 0 Å². The first kappa shape index (κ1) is 16.0. The molecule has 0 fully saturated rings. The standard InChI is InChI=1S/C19H15ClN2O2/c1-2-8-14-9-6-7-12-16(14)24-18-19(23)22(13-17(20)21-18)15-10-4-3-5-11-15/h2-7,9-13H,1,8H2. The van der Waals surface area contributed by atoms with Crippen LogP contribution in [-0.2, 0) is 6.42 Å². The highest BCUT2D eigenvalue weighted by Crippen LogP contribution is 2.24. The highest BCUT2D eigenvalue weighted by molar-refractivity contribution is 6.29. The molecule has 4 nitrogen and oxygen atoms in total. The van der Waals surface area contributed by atoms with Crippen LogP contribution in [0.4, 0.5) is 0 Å². The van der Waals surface area contributed by atoms with Crippen LogP contribution in [0.15, 0.2) is 78.2 Å². The molecule has 0 radical (unpaired) electrons. The summed E-state index contributed by atoms with van der Waals surface area (Å²) in [5.74, 6) is 0.492. The van der Waals surface area contributed by atoms with Crippen molar-refractivity contribution in [1.29, 1.82) is 0 Å². The molecule has 0 saturated heterocycles. The molecule has 3 rings (SSSR count). The van der Waals surface area contributed by atoms with Gasteiger partial charge in [0.05, 0.1) is 6.20 Å². The van der Waals surface area contributed by atoms with Gasteiger partial charge < -0.3 is 4.74 Å². The van der Waals surface area contributed by atoms with Gasteiger partial charge in [0.15, 0.2) is 0 Å². The molecule has 0 aliphatic carbocycles. The van der Waals surface area contributed by atoms with Crippen molar-refractivity contribution in [3.8, 4) is 17.3 Å². The van der Waals surface area contributed by atoms with Crippen LogP contribution >= 0.6 is 11.6 Å². The molecule has 0 aliphatic heterocycles. The lowest BCUT2D eigenvalue weighted by molar-refractivity contribution is 0.447.